The predicted molar refractivity (Wildman–Crippen MR) is 52.0 cm³/mol. The summed E-state index contributed by atoms with van der Waals surface area (Å²) in [7, 11) is 0. The highest BCUT2D eigenvalue weighted by molar-refractivity contribution is 5.67. The van der Waals surface area contributed by atoms with Gasteiger partial charge in [-0.2, -0.15) is 0 Å². The van der Waals surface area contributed by atoms with Crippen LogP contribution in [0.5, 0.6) is 0 Å². The van der Waals surface area contributed by atoms with Gasteiger partial charge in [-0.25, -0.2) is 0 Å². The van der Waals surface area contributed by atoms with E-state index in [2.05, 4.69) is 5.32 Å². The van der Waals surface area contributed by atoms with E-state index in [0.29, 0.717) is 13.1 Å². The van der Waals surface area contributed by atoms with Gasteiger partial charge in [-0.3, -0.25) is 9.59 Å². The standard InChI is InChI=1S/C9H16N2O4/c1-5(12)14-8-4-11-7(3-10)9(8)15-6(2)13/h7-9,11H,3-4,10H2,1-2H3/t7-,8+,9-/m1/s1. The summed E-state index contributed by atoms with van der Waals surface area (Å²) < 4.78 is 10.1. The Morgan fingerprint density at radius 3 is 2.40 bits per heavy atom. The van der Waals surface area contributed by atoms with E-state index in [1.165, 1.54) is 13.8 Å². The minimum absolute atomic E-state index is 0.154. The number of hydrogen-bond donors (Lipinski definition) is 2. The van der Waals surface area contributed by atoms with Crippen molar-refractivity contribution in [2.24, 2.45) is 5.73 Å². The van der Waals surface area contributed by atoms with Crippen molar-refractivity contribution < 1.29 is 19.1 Å². The number of nitrogens with one attached hydrogen (secondary N) is 1. The summed E-state index contributed by atoms with van der Waals surface area (Å²) in [6.07, 6.45) is -0.934. The van der Waals surface area contributed by atoms with Gasteiger partial charge in [-0.1, -0.05) is 0 Å². The molecule has 1 heterocycles. The lowest BCUT2D eigenvalue weighted by atomic mass is 10.1. The Morgan fingerprint density at radius 1 is 1.33 bits per heavy atom. The van der Waals surface area contributed by atoms with Crippen molar-refractivity contribution in [3.63, 3.8) is 0 Å². The SMILES string of the molecule is CC(=O)O[C@H]1[C@@H](OC(C)=O)CN[C@@H]1CN. The molecule has 1 saturated heterocycles. The molecule has 0 aliphatic carbocycles. The van der Waals surface area contributed by atoms with Crippen molar-refractivity contribution in [1.82, 2.24) is 5.32 Å². The Kier molecular flexibility index (Phi) is 4.05. The van der Waals surface area contributed by atoms with Gasteiger partial charge in [0.2, 0.25) is 0 Å². The summed E-state index contributed by atoms with van der Waals surface area (Å²) >= 11 is 0. The minimum Gasteiger partial charge on any atom is -0.457 e. The number of ether oxygens (including phenoxy) is 2. The average molecular weight is 216 g/mol. The third-order valence-electron chi connectivity index (χ3n) is 2.22. The van der Waals surface area contributed by atoms with Gasteiger partial charge in [-0.05, 0) is 0 Å². The van der Waals surface area contributed by atoms with E-state index < -0.39 is 24.1 Å². The van der Waals surface area contributed by atoms with Crippen LogP contribution in [0.1, 0.15) is 13.8 Å². The molecule has 0 bridgehead atoms. The molecular weight excluding hydrogens is 200 g/mol. The number of carbonyl (C=O) groups is 2. The lowest BCUT2D eigenvalue weighted by Crippen LogP contribution is -2.42. The molecular formula is C9H16N2O4. The smallest absolute Gasteiger partial charge is 0.303 e. The maximum absolute atomic E-state index is 10.9. The first-order valence-electron chi connectivity index (χ1n) is 4.82. The van der Waals surface area contributed by atoms with Gasteiger partial charge in [0.15, 0.2) is 12.2 Å². The summed E-state index contributed by atoms with van der Waals surface area (Å²) in [6.45, 7) is 3.42. The second-order valence-electron chi connectivity index (χ2n) is 3.47. The van der Waals surface area contributed by atoms with Gasteiger partial charge in [0.05, 0.1) is 6.04 Å². The van der Waals surface area contributed by atoms with Crippen LogP contribution in [0, 0.1) is 0 Å². The first kappa shape index (κ1) is 11.9. The molecule has 15 heavy (non-hydrogen) atoms. The van der Waals surface area contributed by atoms with Gasteiger partial charge < -0.3 is 20.5 Å². The summed E-state index contributed by atoms with van der Waals surface area (Å²) in [4.78, 5) is 21.7. The molecule has 0 saturated carbocycles. The van der Waals surface area contributed by atoms with E-state index in [1.807, 2.05) is 0 Å². The topological polar surface area (TPSA) is 90.6 Å². The van der Waals surface area contributed by atoms with E-state index >= 15 is 0 Å². The zero-order chi connectivity index (χ0) is 11.4. The van der Waals surface area contributed by atoms with Gasteiger partial charge in [-0.15, -0.1) is 0 Å². The van der Waals surface area contributed by atoms with Crippen molar-refractivity contribution in [2.75, 3.05) is 13.1 Å². The molecule has 1 aliphatic heterocycles. The average Bonchev–Trinajstić information content (AvgIpc) is 2.47. The molecule has 86 valence electrons. The zero-order valence-electron chi connectivity index (χ0n) is 8.86. The molecule has 1 fully saturated rings. The fourth-order valence-electron chi connectivity index (χ4n) is 1.65. The van der Waals surface area contributed by atoms with Crippen LogP contribution in [0.2, 0.25) is 0 Å². The normalized spacial score (nSPS) is 29.9. The lowest BCUT2D eigenvalue weighted by molar-refractivity contribution is -0.162. The second kappa shape index (κ2) is 5.09. The Labute approximate surface area is 88.1 Å². The molecule has 0 amide bonds. The van der Waals surface area contributed by atoms with Crippen LogP contribution in [-0.4, -0.2) is 43.3 Å². The Morgan fingerprint density at radius 2 is 1.93 bits per heavy atom. The zero-order valence-corrected chi connectivity index (χ0v) is 8.86. The molecule has 0 aromatic carbocycles. The van der Waals surface area contributed by atoms with E-state index in [-0.39, 0.29) is 6.04 Å². The monoisotopic (exact) mass is 216 g/mol. The third kappa shape index (κ3) is 3.17. The molecule has 0 unspecified atom stereocenters. The Balaban J connectivity index is 2.62. The summed E-state index contributed by atoms with van der Waals surface area (Å²) in [5.74, 6) is -0.795. The predicted octanol–water partition coefficient (Wildman–Crippen LogP) is -1.22. The molecule has 6 nitrogen and oxygen atoms in total. The fraction of sp³-hybridized carbons (Fsp3) is 0.778. The van der Waals surface area contributed by atoms with Crippen molar-refractivity contribution in [2.45, 2.75) is 32.1 Å². The number of hydrogen-bond acceptors (Lipinski definition) is 6. The highest BCUT2D eigenvalue weighted by Gasteiger charge is 2.39. The third-order valence-corrected chi connectivity index (χ3v) is 2.22. The Bertz CT molecular complexity index is 256. The number of rotatable bonds is 3. The van der Waals surface area contributed by atoms with E-state index in [0.717, 1.165) is 0 Å². The van der Waals surface area contributed by atoms with E-state index in [4.69, 9.17) is 15.2 Å². The summed E-state index contributed by atoms with van der Waals surface area (Å²) in [5.41, 5.74) is 5.50. The number of esters is 2. The van der Waals surface area contributed by atoms with Crippen molar-refractivity contribution in [1.29, 1.82) is 0 Å². The molecule has 6 heteroatoms. The molecule has 0 spiro atoms. The van der Waals surface area contributed by atoms with Crippen LogP contribution in [0.15, 0.2) is 0 Å². The van der Waals surface area contributed by atoms with Gasteiger partial charge >= 0.3 is 11.9 Å². The van der Waals surface area contributed by atoms with Gasteiger partial charge in [0.1, 0.15) is 0 Å². The van der Waals surface area contributed by atoms with Crippen molar-refractivity contribution in [3.05, 3.63) is 0 Å². The van der Waals surface area contributed by atoms with Crippen molar-refractivity contribution in [3.8, 4) is 0 Å². The van der Waals surface area contributed by atoms with Crippen LogP contribution in [0.3, 0.4) is 0 Å². The highest BCUT2D eigenvalue weighted by atomic mass is 16.6. The first-order valence-corrected chi connectivity index (χ1v) is 4.82. The van der Waals surface area contributed by atoms with Crippen LogP contribution in [0.25, 0.3) is 0 Å². The molecule has 3 N–H and O–H groups in total. The molecule has 0 aromatic heterocycles. The molecule has 3 atom stereocenters. The fourth-order valence-corrected chi connectivity index (χ4v) is 1.65. The van der Waals surface area contributed by atoms with Crippen LogP contribution in [-0.2, 0) is 19.1 Å². The molecule has 1 rings (SSSR count). The maximum atomic E-state index is 10.9. The largest absolute Gasteiger partial charge is 0.457 e. The van der Waals surface area contributed by atoms with E-state index in [1.54, 1.807) is 0 Å². The van der Waals surface area contributed by atoms with Crippen molar-refractivity contribution >= 4 is 11.9 Å². The first-order chi connectivity index (χ1) is 7.04. The van der Waals surface area contributed by atoms with Gasteiger partial charge in [0.25, 0.3) is 0 Å². The number of carbonyl (C=O) groups excluding carboxylic acids is 2. The van der Waals surface area contributed by atoms with E-state index in [9.17, 15) is 9.59 Å². The van der Waals surface area contributed by atoms with Crippen LogP contribution < -0.4 is 11.1 Å². The minimum atomic E-state index is -0.489. The highest BCUT2D eigenvalue weighted by Crippen LogP contribution is 2.15. The maximum Gasteiger partial charge on any atom is 0.303 e. The summed E-state index contributed by atoms with van der Waals surface area (Å²) in [6, 6.07) is -0.154. The number of nitrogens with two attached hydrogens (primary N) is 1. The van der Waals surface area contributed by atoms with Gasteiger partial charge in [0, 0.05) is 26.9 Å². The molecule has 1 aliphatic rings. The lowest BCUT2D eigenvalue weighted by Gasteiger charge is -2.22. The Hall–Kier alpha value is -1.14. The second-order valence-corrected chi connectivity index (χ2v) is 3.47. The quantitative estimate of drug-likeness (QED) is 0.575. The van der Waals surface area contributed by atoms with Crippen LogP contribution >= 0.6 is 0 Å². The van der Waals surface area contributed by atoms with Crippen LogP contribution in [0.4, 0.5) is 0 Å². The molecule has 0 aromatic rings. The molecule has 0 radical (unpaired) electrons. The summed E-state index contributed by atoms with van der Waals surface area (Å²) in [5, 5.41) is 3.04.